The van der Waals surface area contributed by atoms with Crippen molar-refractivity contribution in [2.24, 2.45) is 0 Å². The van der Waals surface area contributed by atoms with Crippen LogP contribution in [0.4, 0.5) is 11.8 Å². The van der Waals surface area contributed by atoms with Crippen LogP contribution in [0.1, 0.15) is 22.5 Å². The number of aromatic nitrogens is 4. The smallest absolute Gasteiger partial charge is 0.224 e. The molecule has 6 aromatic rings. The van der Waals surface area contributed by atoms with Gasteiger partial charge in [0.15, 0.2) is 17.0 Å². The molecule has 6 rings (SSSR count). The van der Waals surface area contributed by atoms with Crippen molar-refractivity contribution in [3.05, 3.63) is 107 Å². The first-order chi connectivity index (χ1) is 16.6. The van der Waals surface area contributed by atoms with Crippen molar-refractivity contribution in [2.45, 2.75) is 12.8 Å². The standard InChI is InChI=1S/C28H22N6/c29-26-25-27(34-28(30)33-26)32-24(16-18-10-12-20-6-2-4-8-22(20)14-18)23(31-25)15-17-9-11-19-5-1-3-7-21(19)13-17/h1-14H,15-16H2,(H4,29,30,32,33,34). The number of rotatable bonds is 4. The molecule has 6 heteroatoms. The summed E-state index contributed by atoms with van der Waals surface area (Å²) >= 11 is 0. The maximum Gasteiger partial charge on any atom is 0.224 e. The lowest BCUT2D eigenvalue weighted by atomic mass is 9.99. The Labute approximate surface area is 196 Å². The van der Waals surface area contributed by atoms with E-state index in [2.05, 4.69) is 82.8 Å². The quantitative estimate of drug-likeness (QED) is 0.395. The highest BCUT2D eigenvalue weighted by Gasteiger charge is 2.15. The minimum Gasteiger partial charge on any atom is -0.382 e. The Kier molecular flexibility index (Phi) is 4.77. The first-order valence-electron chi connectivity index (χ1n) is 11.2. The third-order valence-corrected chi connectivity index (χ3v) is 6.10. The van der Waals surface area contributed by atoms with Crippen LogP contribution in [0.3, 0.4) is 0 Å². The van der Waals surface area contributed by atoms with Gasteiger partial charge in [-0.05, 0) is 32.7 Å². The van der Waals surface area contributed by atoms with E-state index in [1.165, 1.54) is 21.5 Å². The van der Waals surface area contributed by atoms with Crippen molar-refractivity contribution >= 4 is 44.5 Å². The molecule has 4 aromatic carbocycles. The minimum atomic E-state index is 0.0956. The van der Waals surface area contributed by atoms with Crippen LogP contribution >= 0.6 is 0 Å². The number of fused-ring (bicyclic) bond motifs is 3. The van der Waals surface area contributed by atoms with E-state index >= 15 is 0 Å². The number of anilines is 2. The second kappa shape index (κ2) is 8.08. The summed E-state index contributed by atoms with van der Waals surface area (Å²) in [6, 6.07) is 29.6. The van der Waals surface area contributed by atoms with Gasteiger partial charge in [0.25, 0.3) is 0 Å². The molecule has 0 aliphatic heterocycles. The lowest BCUT2D eigenvalue weighted by Crippen LogP contribution is -2.09. The lowest BCUT2D eigenvalue weighted by molar-refractivity contribution is 0.959. The summed E-state index contributed by atoms with van der Waals surface area (Å²) < 4.78 is 0. The number of nitrogens with two attached hydrogens (primary N) is 2. The molecule has 2 heterocycles. The number of hydrogen-bond donors (Lipinski definition) is 2. The minimum absolute atomic E-state index is 0.0956. The summed E-state index contributed by atoms with van der Waals surface area (Å²) in [5.41, 5.74) is 16.9. The highest BCUT2D eigenvalue weighted by Crippen LogP contribution is 2.24. The fraction of sp³-hybridized carbons (Fsp3) is 0.0714. The van der Waals surface area contributed by atoms with Crippen molar-refractivity contribution in [1.29, 1.82) is 0 Å². The molecule has 164 valence electrons. The second-order valence-electron chi connectivity index (χ2n) is 8.47. The van der Waals surface area contributed by atoms with Gasteiger partial charge in [0, 0.05) is 12.8 Å². The van der Waals surface area contributed by atoms with Gasteiger partial charge in [0.05, 0.1) is 11.4 Å². The van der Waals surface area contributed by atoms with Crippen LogP contribution in [0.15, 0.2) is 84.9 Å². The molecular formula is C28H22N6. The molecule has 0 aliphatic rings. The molecule has 0 saturated carbocycles. The van der Waals surface area contributed by atoms with E-state index < -0.39 is 0 Å². The third-order valence-electron chi connectivity index (χ3n) is 6.10. The number of hydrogen-bond acceptors (Lipinski definition) is 6. The molecule has 0 aliphatic carbocycles. The van der Waals surface area contributed by atoms with E-state index in [1.54, 1.807) is 0 Å². The number of nitrogens with zero attached hydrogens (tertiary/aromatic N) is 4. The zero-order valence-corrected chi connectivity index (χ0v) is 18.4. The van der Waals surface area contributed by atoms with Gasteiger partial charge in [-0.25, -0.2) is 9.97 Å². The predicted molar refractivity (Wildman–Crippen MR) is 137 cm³/mol. The van der Waals surface area contributed by atoms with E-state index in [0.29, 0.717) is 24.0 Å². The Morgan fingerprint density at radius 2 is 1.06 bits per heavy atom. The van der Waals surface area contributed by atoms with Crippen LogP contribution in [-0.2, 0) is 12.8 Å². The first-order valence-corrected chi connectivity index (χ1v) is 11.2. The molecule has 34 heavy (non-hydrogen) atoms. The Balaban J connectivity index is 1.46. The number of nitrogen functional groups attached to an aromatic ring is 2. The van der Waals surface area contributed by atoms with Crippen LogP contribution in [0.2, 0.25) is 0 Å². The molecule has 4 N–H and O–H groups in total. The van der Waals surface area contributed by atoms with Crippen molar-refractivity contribution in [3.8, 4) is 0 Å². The molecule has 6 nitrogen and oxygen atoms in total. The van der Waals surface area contributed by atoms with Gasteiger partial charge >= 0.3 is 0 Å². The van der Waals surface area contributed by atoms with Gasteiger partial charge in [0.1, 0.15) is 0 Å². The summed E-state index contributed by atoms with van der Waals surface area (Å²) in [6.45, 7) is 0. The SMILES string of the molecule is Nc1nc(N)c2nc(Cc3ccc4ccccc4c3)c(Cc3ccc4ccccc4c3)nc2n1. The molecule has 0 unspecified atom stereocenters. The molecule has 0 amide bonds. The van der Waals surface area contributed by atoms with Gasteiger partial charge in [-0.3, -0.25) is 0 Å². The van der Waals surface area contributed by atoms with Crippen molar-refractivity contribution in [3.63, 3.8) is 0 Å². The van der Waals surface area contributed by atoms with Gasteiger partial charge in [0.2, 0.25) is 5.95 Å². The Bertz CT molecular complexity index is 1690. The maximum atomic E-state index is 6.12. The average Bonchev–Trinajstić information content (AvgIpc) is 2.84. The highest BCUT2D eigenvalue weighted by molar-refractivity contribution is 5.85. The summed E-state index contributed by atoms with van der Waals surface area (Å²) in [5.74, 6) is 0.338. The van der Waals surface area contributed by atoms with E-state index in [0.717, 1.165) is 22.5 Å². The van der Waals surface area contributed by atoms with Crippen LogP contribution in [0.25, 0.3) is 32.7 Å². The molecule has 0 atom stereocenters. The van der Waals surface area contributed by atoms with Crippen molar-refractivity contribution in [2.75, 3.05) is 11.5 Å². The zero-order valence-electron chi connectivity index (χ0n) is 18.4. The van der Waals surface area contributed by atoms with Gasteiger partial charge < -0.3 is 11.5 Å². The molecule has 0 saturated heterocycles. The first kappa shape index (κ1) is 20.1. The molecule has 2 aromatic heterocycles. The fourth-order valence-electron chi connectivity index (χ4n) is 4.42. The summed E-state index contributed by atoms with van der Waals surface area (Å²) in [7, 11) is 0. The number of benzene rings is 4. The molecule has 0 spiro atoms. The van der Waals surface area contributed by atoms with Gasteiger partial charge in [-0.2, -0.15) is 9.97 Å². The summed E-state index contributed by atoms with van der Waals surface area (Å²) in [6.07, 6.45) is 1.25. The Morgan fingerprint density at radius 3 is 1.65 bits per heavy atom. The zero-order chi connectivity index (χ0) is 23.1. The van der Waals surface area contributed by atoms with Crippen LogP contribution in [-0.4, -0.2) is 19.9 Å². The van der Waals surface area contributed by atoms with Crippen LogP contribution in [0, 0.1) is 0 Å². The third kappa shape index (κ3) is 3.75. The Hall–Kier alpha value is -4.58. The fourth-order valence-corrected chi connectivity index (χ4v) is 4.42. The van der Waals surface area contributed by atoms with Crippen LogP contribution < -0.4 is 11.5 Å². The monoisotopic (exact) mass is 442 g/mol. The van der Waals surface area contributed by atoms with E-state index in [4.69, 9.17) is 21.4 Å². The predicted octanol–water partition coefficient (Wildman–Crippen LogP) is 5.07. The van der Waals surface area contributed by atoms with Gasteiger partial charge in [-0.15, -0.1) is 0 Å². The molecule has 0 radical (unpaired) electrons. The van der Waals surface area contributed by atoms with Crippen molar-refractivity contribution < 1.29 is 0 Å². The Morgan fingerprint density at radius 1 is 0.529 bits per heavy atom. The van der Waals surface area contributed by atoms with E-state index in [-0.39, 0.29) is 11.8 Å². The second-order valence-corrected chi connectivity index (χ2v) is 8.47. The normalized spacial score (nSPS) is 11.4. The summed E-state index contributed by atoms with van der Waals surface area (Å²) in [5, 5.41) is 4.81. The van der Waals surface area contributed by atoms with Gasteiger partial charge in [-0.1, -0.05) is 84.9 Å². The topological polar surface area (TPSA) is 104 Å². The van der Waals surface area contributed by atoms with E-state index in [9.17, 15) is 0 Å². The lowest BCUT2D eigenvalue weighted by Gasteiger charge is -2.12. The molecular weight excluding hydrogens is 420 g/mol. The summed E-state index contributed by atoms with van der Waals surface area (Å²) in [4.78, 5) is 18.1. The average molecular weight is 443 g/mol. The van der Waals surface area contributed by atoms with Crippen LogP contribution in [0.5, 0.6) is 0 Å². The maximum absolute atomic E-state index is 6.12. The van der Waals surface area contributed by atoms with E-state index in [1.807, 2.05) is 12.1 Å². The largest absolute Gasteiger partial charge is 0.382 e. The van der Waals surface area contributed by atoms with Crippen molar-refractivity contribution in [1.82, 2.24) is 19.9 Å². The molecule has 0 fully saturated rings. The molecule has 0 bridgehead atoms. The highest BCUT2D eigenvalue weighted by atomic mass is 15.1.